The standard InChI is InChI=1S/C25H43NO6/c1-25(2,3)10-12-28-14-16-30-18-19-31-17-15-29-13-11-26-24(27)32-20-23-21-8-6-4-5-7-9-22(21)23/h21-23H,6-20H2,1-3H3,(H,26,27)/t21-,22+,23?. The van der Waals surface area contributed by atoms with E-state index >= 15 is 0 Å². The number of hydrogen-bond donors (Lipinski definition) is 1. The highest BCUT2D eigenvalue weighted by atomic mass is 16.6. The number of ether oxygens (including phenoxy) is 5. The monoisotopic (exact) mass is 453 g/mol. The lowest BCUT2D eigenvalue weighted by Gasteiger charge is -2.17. The van der Waals surface area contributed by atoms with E-state index < -0.39 is 0 Å². The highest BCUT2D eigenvalue weighted by Gasteiger charge is 2.49. The number of fused-ring (bicyclic) bond motifs is 1. The molecule has 0 aromatic rings. The van der Waals surface area contributed by atoms with Crippen LogP contribution in [-0.4, -0.2) is 72.1 Å². The van der Waals surface area contributed by atoms with Crippen molar-refractivity contribution in [2.24, 2.45) is 23.2 Å². The van der Waals surface area contributed by atoms with Gasteiger partial charge in [0.15, 0.2) is 0 Å². The van der Waals surface area contributed by atoms with Crippen LogP contribution in [0.25, 0.3) is 0 Å². The number of hydrogen-bond acceptors (Lipinski definition) is 6. The second kappa shape index (κ2) is 15.5. The van der Waals surface area contributed by atoms with Gasteiger partial charge in [0.05, 0.1) is 52.9 Å². The SMILES string of the molecule is CC(C)(C)CCOCCOCCOCCOCCNC(=O)OCC1[C@H]2CCC#CCC[C@@H]12. The lowest BCUT2D eigenvalue weighted by molar-refractivity contribution is -0.00372. The summed E-state index contributed by atoms with van der Waals surface area (Å²) >= 11 is 0. The molecule has 0 aromatic heterocycles. The molecule has 3 atom stereocenters. The maximum atomic E-state index is 11.8. The fourth-order valence-corrected chi connectivity index (χ4v) is 3.87. The maximum absolute atomic E-state index is 11.8. The lowest BCUT2D eigenvalue weighted by Crippen LogP contribution is -2.29. The minimum Gasteiger partial charge on any atom is -0.449 e. The summed E-state index contributed by atoms with van der Waals surface area (Å²) in [4.78, 5) is 11.8. The molecule has 1 N–H and O–H groups in total. The average molecular weight is 454 g/mol. The van der Waals surface area contributed by atoms with Gasteiger partial charge in [-0.2, -0.15) is 0 Å². The Bertz CT molecular complexity index is 561. The highest BCUT2D eigenvalue weighted by Crippen LogP contribution is 2.52. The van der Waals surface area contributed by atoms with Crippen molar-refractivity contribution < 1.29 is 28.5 Å². The largest absolute Gasteiger partial charge is 0.449 e. The third-order valence-electron chi connectivity index (χ3n) is 5.87. The Morgan fingerprint density at radius 3 is 1.84 bits per heavy atom. The quantitative estimate of drug-likeness (QED) is 0.284. The molecule has 2 aliphatic rings. The number of amides is 1. The minimum atomic E-state index is -0.361. The van der Waals surface area contributed by atoms with Crippen LogP contribution in [0, 0.1) is 35.0 Å². The van der Waals surface area contributed by atoms with E-state index in [0.29, 0.717) is 82.6 Å². The van der Waals surface area contributed by atoms with Gasteiger partial charge in [0.1, 0.15) is 0 Å². The molecular weight excluding hydrogens is 410 g/mol. The van der Waals surface area contributed by atoms with Gasteiger partial charge in [-0.3, -0.25) is 0 Å². The molecule has 1 unspecified atom stereocenters. The summed E-state index contributed by atoms with van der Waals surface area (Å²) in [5.41, 5.74) is 0.306. The van der Waals surface area contributed by atoms with Crippen molar-refractivity contribution in [3.63, 3.8) is 0 Å². The van der Waals surface area contributed by atoms with E-state index in [1.807, 2.05) is 0 Å². The predicted octanol–water partition coefficient (Wildman–Crippen LogP) is 3.65. The second-order valence-corrected chi connectivity index (χ2v) is 9.71. The third-order valence-corrected chi connectivity index (χ3v) is 5.87. The second-order valence-electron chi connectivity index (χ2n) is 9.71. The van der Waals surface area contributed by atoms with E-state index in [-0.39, 0.29) is 6.09 Å². The van der Waals surface area contributed by atoms with Crippen LogP contribution in [0.2, 0.25) is 0 Å². The van der Waals surface area contributed by atoms with Crippen molar-refractivity contribution >= 4 is 6.09 Å². The molecule has 1 fully saturated rings. The molecular formula is C25H43NO6. The van der Waals surface area contributed by atoms with Crippen molar-refractivity contribution in [3.05, 3.63) is 0 Å². The molecule has 32 heavy (non-hydrogen) atoms. The summed E-state index contributed by atoms with van der Waals surface area (Å²) in [6, 6.07) is 0. The molecule has 7 heteroatoms. The van der Waals surface area contributed by atoms with Crippen LogP contribution in [0.15, 0.2) is 0 Å². The Kier molecular flexibility index (Phi) is 13.0. The van der Waals surface area contributed by atoms with Gasteiger partial charge in [0.25, 0.3) is 0 Å². The minimum absolute atomic E-state index is 0.306. The summed E-state index contributed by atoms with van der Waals surface area (Å²) in [7, 11) is 0. The summed E-state index contributed by atoms with van der Waals surface area (Å²) in [6.07, 6.45) is 4.92. The van der Waals surface area contributed by atoms with Crippen molar-refractivity contribution in [3.8, 4) is 11.8 Å². The lowest BCUT2D eigenvalue weighted by atomic mass is 9.93. The zero-order valence-electron chi connectivity index (χ0n) is 20.3. The van der Waals surface area contributed by atoms with Crippen LogP contribution in [0.1, 0.15) is 52.9 Å². The van der Waals surface area contributed by atoms with Gasteiger partial charge in [0, 0.05) is 26.0 Å². The summed E-state index contributed by atoms with van der Waals surface area (Å²) < 4.78 is 27.3. The Balaban J connectivity index is 1.28. The molecule has 0 aromatic carbocycles. The molecule has 184 valence electrons. The molecule has 7 nitrogen and oxygen atoms in total. The molecule has 0 bridgehead atoms. The van der Waals surface area contributed by atoms with Crippen LogP contribution < -0.4 is 5.32 Å². The van der Waals surface area contributed by atoms with Crippen LogP contribution in [-0.2, 0) is 23.7 Å². The highest BCUT2D eigenvalue weighted by molar-refractivity contribution is 5.67. The number of nitrogens with one attached hydrogen (secondary N) is 1. The first-order chi connectivity index (χ1) is 15.5. The third kappa shape index (κ3) is 12.6. The predicted molar refractivity (Wildman–Crippen MR) is 123 cm³/mol. The Morgan fingerprint density at radius 1 is 0.812 bits per heavy atom. The first-order valence-corrected chi connectivity index (χ1v) is 12.1. The van der Waals surface area contributed by atoms with E-state index in [2.05, 4.69) is 37.9 Å². The van der Waals surface area contributed by atoms with Crippen molar-refractivity contribution in [2.45, 2.75) is 52.9 Å². The molecule has 0 radical (unpaired) electrons. The fraction of sp³-hybridized carbons (Fsp3) is 0.880. The Hall–Kier alpha value is -1.33. The Morgan fingerprint density at radius 2 is 1.31 bits per heavy atom. The van der Waals surface area contributed by atoms with Crippen LogP contribution in [0.5, 0.6) is 0 Å². The van der Waals surface area contributed by atoms with Gasteiger partial charge < -0.3 is 29.0 Å². The van der Waals surface area contributed by atoms with Crippen molar-refractivity contribution in [1.82, 2.24) is 5.32 Å². The van der Waals surface area contributed by atoms with E-state index in [1.54, 1.807) is 0 Å². The van der Waals surface area contributed by atoms with Crippen LogP contribution >= 0.6 is 0 Å². The number of carbonyl (C=O) groups excluding carboxylic acids is 1. The molecule has 1 saturated carbocycles. The molecule has 0 spiro atoms. The summed E-state index contributed by atoms with van der Waals surface area (Å²) in [6.45, 7) is 12.0. The van der Waals surface area contributed by atoms with Gasteiger partial charge in [-0.05, 0) is 42.4 Å². The van der Waals surface area contributed by atoms with Crippen molar-refractivity contribution in [2.75, 3.05) is 66.0 Å². The van der Waals surface area contributed by atoms with Gasteiger partial charge in [0.2, 0.25) is 0 Å². The van der Waals surface area contributed by atoms with Crippen LogP contribution in [0.3, 0.4) is 0 Å². The number of carbonyl (C=O) groups is 1. The normalized spacial score (nSPS) is 22.2. The van der Waals surface area contributed by atoms with Gasteiger partial charge in [-0.25, -0.2) is 4.79 Å². The molecule has 0 heterocycles. The molecule has 2 rings (SSSR count). The Labute approximate surface area is 194 Å². The first kappa shape index (κ1) is 26.9. The summed E-state index contributed by atoms with van der Waals surface area (Å²) in [5, 5.41) is 2.74. The number of rotatable bonds is 16. The smallest absolute Gasteiger partial charge is 0.407 e. The molecule has 1 amide bonds. The van der Waals surface area contributed by atoms with E-state index in [1.165, 1.54) is 0 Å². The van der Waals surface area contributed by atoms with E-state index in [9.17, 15) is 4.79 Å². The zero-order chi connectivity index (χ0) is 23.1. The number of alkyl carbamates (subject to hydrolysis) is 1. The topological polar surface area (TPSA) is 75.3 Å². The van der Waals surface area contributed by atoms with E-state index in [0.717, 1.165) is 38.7 Å². The zero-order valence-corrected chi connectivity index (χ0v) is 20.3. The van der Waals surface area contributed by atoms with Crippen molar-refractivity contribution in [1.29, 1.82) is 0 Å². The molecule has 2 aliphatic carbocycles. The molecule has 0 saturated heterocycles. The van der Waals surface area contributed by atoms with Crippen LogP contribution in [0.4, 0.5) is 4.79 Å². The van der Waals surface area contributed by atoms with Gasteiger partial charge >= 0.3 is 6.09 Å². The van der Waals surface area contributed by atoms with Gasteiger partial charge in [-0.1, -0.05) is 20.8 Å². The van der Waals surface area contributed by atoms with Gasteiger partial charge in [-0.15, -0.1) is 11.8 Å². The maximum Gasteiger partial charge on any atom is 0.407 e. The average Bonchev–Trinajstić information content (AvgIpc) is 3.37. The fourth-order valence-electron chi connectivity index (χ4n) is 3.87. The first-order valence-electron chi connectivity index (χ1n) is 12.1. The molecule has 0 aliphatic heterocycles. The van der Waals surface area contributed by atoms with E-state index in [4.69, 9.17) is 23.7 Å². The summed E-state index contributed by atoms with van der Waals surface area (Å²) in [5.74, 6) is 8.30.